The summed E-state index contributed by atoms with van der Waals surface area (Å²) in [5.74, 6) is -4.28. The monoisotopic (exact) mass is 523 g/mol. The SMILES string of the molecule is NC(N)=NC(=NS(=O)(=O)N1CCCC(F)(F)C1)N1C[C@@H](c2ccccc2)C(c2ccc(Cl)cc2)=N1. The predicted octanol–water partition coefficient (Wildman–Crippen LogP) is 2.75. The van der Waals surface area contributed by atoms with Crippen LogP contribution in [0.25, 0.3) is 0 Å². The smallest absolute Gasteiger partial charge is 0.325 e. The van der Waals surface area contributed by atoms with Gasteiger partial charge in [-0.2, -0.15) is 22.8 Å². The first-order valence-corrected chi connectivity index (χ1v) is 12.6. The van der Waals surface area contributed by atoms with Crippen molar-refractivity contribution < 1.29 is 17.2 Å². The van der Waals surface area contributed by atoms with E-state index >= 15 is 0 Å². The number of hydrogen-bond acceptors (Lipinski definition) is 3. The fourth-order valence-electron chi connectivity index (χ4n) is 3.98. The minimum atomic E-state index is -4.51. The van der Waals surface area contributed by atoms with E-state index in [1.54, 1.807) is 24.3 Å². The molecule has 1 atom stereocenters. The molecule has 0 bridgehead atoms. The van der Waals surface area contributed by atoms with Gasteiger partial charge in [0.05, 0.1) is 18.8 Å². The first-order chi connectivity index (χ1) is 16.5. The number of piperidine rings is 1. The largest absolute Gasteiger partial charge is 0.370 e. The summed E-state index contributed by atoms with van der Waals surface area (Å²) in [5.41, 5.74) is 13.4. The zero-order valence-electron chi connectivity index (χ0n) is 18.6. The molecule has 2 heterocycles. The molecule has 0 radical (unpaired) electrons. The third kappa shape index (κ3) is 5.95. The summed E-state index contributed by atoms with van der Waals surface area (Å²) in [5, 5.41) is 6.40. The molecule has 35 heavy (non-hydrogen) atoms. The fourth-order valence-corrected chi connectivity index (χ4v) is 5.28. The van der Waals surface area contributed by atoms with E-state index in [1.807, 2.05) is 30.3 Å². The minimum absolute atomic E-state index is 0.0119. The van der Waals surface area contributed by atoms with E-state index in [0.29, 0.717) is 15.0 Å². The van der Waals surface area contributed by atoms with Gasteiger partial charge in [0.25, 0.3) is 11.9 Å². The number of rotatable bonds is 4. The van der Waals surface area contributed by atoms with E-state index in [-0.39, 0.29) is 31.8 Å². The average Bonchev–Trinajstić information content (AvgIpc) is 3.24. The Morgan fingerprint density at radius 2 is 1.80 bits per heavy atom. The Morgan fingerprint density at radius 3 is 2.43 bits per heavy atom. The summed E-state index contributed by atoms with van der Waals surface area (Å²) >= 11 is 6.04. The van der Waals surface area contributed by atoms with E-state index in [4.69, 9.17) is 23.1 Å². The maximum Gasteiger partial charge on any atom is 0.325 e. The number of hydrogen-bond donors (Lipinski definition) is 2. The Labute approximate surface area is 207 Å². The third-order valence-corrected chi connectivity index (χ3v) is 7.21. The molecule has 2 aromatic carbocycles. The van der Waals surface area contributed by atoms with E-state index in [0.717, 1.165) is 11.1 Å². The Kier molecular flexibility index (Phi) is 7.06. The van der Waals surface area contributed by atoms with Crippen LogP contribution in [0.2, 0.25) is 5.02 Å². The quantitative estimate of drug-likeness (QED) is 0.470. The molecule has 0 aliphatic carbocycles. The number of aliphatic imine (C=N–C) groups is 1. The lowest BCUT2D eigenvalue weighted by Gasteiger charge is -2.30. The predicted molar refractivity (Wildman–Crippen MR) is 132 cm³/mol. The van der Waals surface area contributed by atoms with Crippen molar-refractivity contribution in [1.82, 2.24) is 9.31 Å². The first kappa shape index (κ1) is 25.0. The molecule has 2 aliphatic heterocycles. The van der Waals surface area contributed by atoms with Crippen LogP contribution in [0, 0.1) is 0 Å². The number of nitrogens with two attached hydrogens (primary N) is 2. The van der Waals surface area contributed by atoms with Crippen LogP contribution in [0.5, 0.6) is 0 Å². The molecule has 186 valence electrons. The molecule has 9 nitrogen and oxygen atoms in total. The van der Waals surface area contributed by atoms with Gasteiger partial charge in [-0.1, -0.05) is 54.1 Å². The Bertz CT molecular complexity index is 1260. The summed E-state index contributed by atoms with van der Waals surface area (Å²) in [4.78, 5) is 3.87. The van der Waals surface area contributed by atoms with Gasteiger partial charge in [0.2, 0.25) is 0 Å². The molecule has 0 spiro atoms. The molecule has 1 saturated heterocycles. The van der Waals surface area contributed by atoms with Gasteiger partial charge >= 0.3 is 10.2 Å². The van der Waals surface area contributed by atoms with E-state index in [2.05, 4.69) is 14.5 Å². The lowest BCUT2D eigenvalue weighted by Crippen LogP contribution is -2.45. The van der Waals surface area contributed by atoms with Crippen LogP contribution < -0.4 is 11.5 Å². The number of nitrogens with zero attached hydrogens (tertiary/aromatic N) is 5. The van der Waals surface area contributed by atoms with Gasteiger partial charge in [0.1, 0.15) is 0 Å². The molecule has 2 aliphatic rings. The van der Waals surface area contributed by atoms with Crippen molar-refractivity contribution in [3.63, 3.8) is 0 Å². The fraction of sp³-hybridized carbons (Fsp3) is 0.318. The summed E-state index contributed by atoms with van der Waals surface area (Å²) in [6.45, 7) is -0.869. The van der Waals surface area contributed by atoms with E-state index in [9.17, 15) is 17.2 Å². The van der Waals surface area contributed by atoms with Crippen molar-refractivity contribution in [2.45, 2.75) is 24.7 Å². The number of halogens is 3. The van der Waals surface area contributed by atoms with Crippen molar-refractivity contribution in [3.05, 3.63) is 70.7 Å². The van der Waals surface area contributed by atoms with Gasteiger partial charge in [0.15, 0.2) is 5.96 Å². The highest BCUT2D eigenvalue weighted by atomic mass is 35.5. The highest BCUT2D eigenvalue weighted by Crippen LogP contribution is 2.31. The molecule has 4 N–H and O–H groups in total. The van der Waals surface area contributed by atoms with Crippen molar-refractivity contribution >= 4 is 39.4 Å². The van der Waals surface area contributed by atoms with Crippen LogP contribution in [0.1, 0.15) is 29.9 Å². The van der Waals surface area contributed by atoms with Crippen LogP contribution >= 0.6 is 11.6 Å². The molecule has 0 unspecified atom stereocenters. The second-order valence-electron chi connectivity index (χ2n) is 8.24. The zero-order valence-corrected chi connectivity index (χ0v) is 20.1. The number of guanidine groups is 2. The van der Waals surface area contributed by atoms with E-state index < -0.39 is 34.6 Å². The number of benzene rings is 2. The molecule has 0 aromatic heterocycles. The molecular formula is C22H24ClF2N7O2S. The Hall–Kier alpha value is -3.09. The molecule has 13 heteroatoms. The van der Waals surface area contributed by atoms with Crippen LogP contribution in [-0.4, -0.2) is 60.9 Å². The third-order valence-electron chi connectivity index (χ3n) is 5.60. The number of hydrazone groups is 1. The topological polar surface area (TPSA) is 130 Å². The molecule has 1 fully saturated rings. The highest BCUT2D eigenvalue weighted by molar-refractivity contribution is 7.87. The minimum Gasteiger partial charge on any atom is -0.370 e. The molecule has 4 rings (SSSR count). The lowest BCUT2D eigenvalue weighted by molar-refractivity contribution is -0.0434. The van der Waals surface area contributed by atoms with Crippen LogP contribution in [0.15, 0.2) is 69.1 Å². The summed E-state index contributed by atoms with van der Waals surface area (Å²) < 4.78 is 58.0. The number of alkyl halides is 2. The van der Waals surface area contributed by atoms with Crippen molar-refractivity contribution in [1.29, 1.82) is 0 Å². The molecule has 0 saturated carbocycles. The van der Waals surface area contributed by atoms with Gasteiger partial charge in [-0.3, -0.25) is 0 Å². The molecule has 0 amide bonds. The average molecular weight is 524 g/mol. The second-order valence-corrected chi connectivity index (χ2v) is 10.3. The first-order valence-electron chi connectivity index (χ1n) is 10.8. The van der Waals surface area contributed by atoms with Crippen molar-refractivity contribution in [2.24, 2.45) is 26.0 Å². The Balaban J connectivity index is 1.75. The van der Waals surface area contributed by atoms with Gasteiger partial charge in [-0.25, -0.2) is 13.8 Å². The maximum absolute atomic E-state index is 13.9. The Morgan fingerprint density at radius 1 is 1.11 bits per heavy atom. The summed E-state index contributed by atoms with van der Waals surface area (Å²) in [6, 6.07) is 16.5. The van der Waals surface area contributed by atoms with Gasteiger partial charge in [-0.15, -0.1) is 4.40 Å². The van der Waals surface area contributed by atoms with Gasteiger partial charge in [0, 0.05) is 23.9 Å². The maximum atomic E-state index is 13.9. The summed E-state index contributed by atoms with van der Waals surface area (Å²) in [6.07, 6.45) is -0.374. The van der Waals surface area contributed by atoms with Gasteiger partial charge < -0.3 is 11.5 Å². The second kappa shape index (κ2) is 9.88. The standard InChI is InChI=1S/C22H24ClF2N7O2S/c23-17-9-7-16(8-10-17)19-18(15-5-2-1-3-6-15)13-32(29-19)21(28-20(26)27)30-35(33,34)31-12-4-11-22(24,25)14-31/h1-3,5-10,18H,4,11-14H2,(H4,26,27,28,30)/t18-/m0/s1. The molecule has 2 aromatic rings. The van der Waals surface area contributed by atoms with Crippen molar-refractivity contribution in [3.8, 4) is 0 Å². The zero-order chi connectivity index (χ0) is 25.2. The molecular weight excluding hydrogens is 500 g/mol. The van der Waals surface area contributed by atoms with Crippen LogP contribution in [0.4, 0.5) is 8.78 Å². The van der Waals surface area contributed by atoms with Gasteiger partial charge in [-0.05, 0) is 29.7 Å². The van der Waals surface area contributed by atoms with E-state index in [1.165, 1.54) is 5.01 Å². The van der Waals surface area contributed by atoms with Crippen molar-refractivity contribution in [2.75, 3.05) is 19.6 Å². The normalized spacial score (nSPS) is 21.0. The lowest BCUT2D eigenvalue weighted by atomic mass is 9.91. The summed E-state index contributed by atoms with van der Waals surface area (Å²) in [7, 11) is -4.51. The van der Waals surface area contributed by atoms with Crippen LogP contribution in [0.3, 0.4) is 0 Å². The van der Waals surface area contributed by atoms with Crippen LogP contribution in [-0.2, 0) is 10.2 Å². The highest BCUT2D eigenvalue weighted by Gasteiger charge is 2.41.